The van der Waals surface area contributed by atoms with Crippen LogP contribution in [0.3, 0.4) is 0 Å². The standard InChI is InChI=1S/C18H36N2/c1-15-13-16(15)14-20(2)18-12-10-8-6-4-3-5-7-9-11-17(18)19/h15-18H,3-14,19H2,1-2H3. The van der Waals surface area contributed by atoms with Gasteiger partial charge in [0.2, 0.25) is 0 Å². The van der Waals surface area contributed by atoms with Gasteiger partial charge in [0.15, 0.2) is 0 Å². The Morgan fingerprint density at radius 3 is 1.95 bits per heavy atom. The second-order valence-corrected chi connectivity index (χ2v) is 7.55. The molecule has 2 fully saturated rings. The van der Waals surface area contributed by atoms with Crippen molar-refractivity contribution >= 4 is 0 Å². The summed E-state index contributed by atoms with van der Waals surface area (Å²) in [5.41, 5.74) is 6.55. The van der Waals surface area contributed by atoms with Gasteiger partial charge in [-0.3, -0.25) is 0 Å². The van der Waals surface area contributed by atoms with Crippen LogP contribution in [-0.4, -0.2) is 30.6 Å². The van der Waals surface area contributed by atoms with Gasteiger partial charge in [-0.15, -0.1) is 0 Å². The monoisotopic (exact) mass is 280 g/mol. The van der Waals surface area contributed by atoms with E-state index in [4.69, 9.17) is 5.73 Å². The highest BCUT2D eigenvalue weighted by atomic mass is 15.2. The minimum atomic E-state index is 0.397. The van der Waals surface area contributed by atoms with Crippen LogP contribution in [0.25, 0.3) is 0 Å². The first-order chi connectivity index (χ1) is 9.68. The molecule has 0 aromatic heterocycles. The highest BCUT2D eigenvalue weighted by Crippen LogP contribution is 2.38. The van der Waals surface area contributed by atoms with E-state index in [1.165, 1.54) is 77.2 Å². The molecule has 0 radical (unpaired) electrons. The smallest absolute Gasteiger partial charge is 0.0244 e. The van der Waals surface area contributed by atoms with Crippen molar-refractivity contribution in [1.29, 1.82) is 0 Å². The third-order valence-corrected chi connectivity index (χ3v) is 5.65. The summed E-state index contributed by atoms with van der Waals surface area (Å²) in [7, 11) is 2.32. The Bertz CT molecular complexity index is 266. The maximum absolute atomic E-state index is 6.55. The van der Waals surface area contributed by atoms with Gasteiger partial charge in [0.05, 0.1) is 0 Å². The summed E-state index contributed by atoms with van der Waals surface area (Å²) in [6.45, 7) is 3.67. The van der Waals surface area contributed by atoms with Crippen molar-refractivity contribution in [2.75, 3.05) is 13.6 Å². The lowest BCUT2D eigenvalue weighted by atomic mass is 9.93. The number of hydrogen-bond donors (Lipinski definition) is 1. The van der Waals surface area contributed by atoms with Crippen molar-refractivity contribution in [1.82, 2.24) is 4.90 Å². The molecule has 0 amide bonds. The lowest BCUT2D eigenvalue weighted by molar-refractivity contribution is 0.179. The zero-order valence-corrected chi connectivity index (χ0v) is 13.8. The minimum Gasteiger partial charge on any atom is -0.326 e. The van der Waals surface area contributed by atoms with E-state index in [0.717, 1.165) is 11.8 Å². The van der Waals surface area contributed by atoms with Gasteiger partial charge in [0, 0.05) is 18.6 Å². The first-order valence-corrected chi connectivity index (χ1v) is 9.14. The molecular weight excluding hydrogens is 244 g/mol. The van der Waals surface area contributed by atoms with E-state index in [1.54, 1.807) is 0 Å². The quantitative estimate of drug-likeness (QED) is 0.840. The molecule has 2 nitrogen and oxygen atoms in total. The summed E-state index contributed by atoms with van der Waals surface area (Å²) in [6, 6.07) is 1.02. The molecule has 2 rings (SSSR count). The number of likely N-dealkylation sites (N-methyl/N-ethyl adjacent to an activating group) is 1. The van der Waals surface area contributed by atoms with Crippen LogP contribution in [0.1, 0.15) is 77.6 Å². The summed E-state index contributed by atoms with van der Waals surface area (Å²) in [5, 5.41) is 0. The van der Waals surface area contributed by atoms with E-state index in [1.807, 2.05) is 0 Å². The predicted octanol–water partition coefficient (Wildman–Crippen LogP) is 4.18. The molecule has 2 heteroatoms. The highest BCUT2D eigenvalue weighted by Gasteiger charge is 2.35. The molecule has 2 saturated carbocycles. The second kappa shape index (κ2) is 8.38. The summed E-state index contributed by atoms with van der Waals surface area (Å²) in [6.07, 6.45) is 15.3. The topological polar surface area (TPSA) is 29.3 Å². The third kappa shape index (κ3) is 5.37. The molecule has 0 aromatic carbocycles. The van der Waals surface area contributed by atoms with Gasteiger partial charge < -0.3 is 10.6 Å². The fourth-order valence-electron chi connectivity index (χ4n) is 3.91. The fourth-order valence-corrected chi connectivity index (χ4v) is 3.91. The molecular formula is C18H36N2. The van der Waals surface area contributed by atoms with E-state index >= 15 is 0 Å². The first-order valence-electron chi connectivity index (χ1n) is 9.14. The summed E-state index contributed by atoms with van der Waals surface area (Å²) in [4.78, 5) is 2.60. The number of rotatable bonds is 3. The Hall–Kier alpha value is -0.0800. The van der Waals surface area contributed by atoms with Crippen molar-refractivity contribution < 1.29 is 0 Å². The van der Waals surface area contributed by atoms with Crippen LogP contribution in [0.4, 0.5) is 0 Å². The Morgan fingerprint density at radius 2 is 1.40 bits per heavy atom. The lowest BCUT2D eigenvalue weighted by Crippen LogP contribution is -2.47. The number of nitrogens with two attached hydrogens (primary N) is 1. The minimum absolute atomic E-state index is 0.397. The van der Waals surface area contributed by atoms with Crippen LogP contribution >= 0.6 is 0 Å². The van der Waals surface area contributed by atoms with Crippen LogP contribution in [0.2, 0.25) is 0 Å². The molecule has 20 heavy (non-hydrogen) atoms. The fraction of sp³-hybridized carbons (Fsp3) is 1.00. The van der Waals surface area contributed by atoms with Crippen LogP contribution in [0.15, 0.2) is 0 Å². The van der Waals surface area contributed by atoms with E-state index in [9.17, 15) is 0 Å². The lowest BCUT2D eigenvalue weighted by Gasteiger charge is -2.33. The van der Waals surface area contributed by atoms with Crippen molar-refractivity contribution in [2.24, 2.45) is 17.6 Å². The van der Waals surface area contributed by atoms with Crippen LogP contribution in [0, 0.1) is 11.8 Å². The molecule has 0 saturated heterocycles. The van der Waals surface area contributed by atoms with Crippen molar-refractivity contribution in [3.8, 4) is 0 Å². The Labute approximate surface area is 126 Å². The van der Waals surface area contributed by atoms with Gasteiger partial charge in [0.25, 0.3) is 0 Å². The number of nitrogens with zero attached hydrogens (tertiary/aromatic N) is 1. The van der Waals surface area contributed by atoms with Gasteiger partial charge in [-0.2, -0.15) is 0 Å². The van der Waals surface area contributed by atoms with Crippen molar-refractivity contribution in [3.05, 3.63) is 0 Å². The molecule has 4 atom stereocenters. The molecule has 2 aliphatic rings. The Morgan fingerprint density at radius 1 is 0.900 bits per heavy atom. The molecule has 118 valence electrons. The van der Waals surface area contributed by atoms with E-state index in [2.05, 4.69) is 18.9 Å². The maximum Gasteiger partial charge on any atom is 0.0244 e. The van der Waals surface area contributed by atoms with Gasteiger partial charge in [-0.25, -0.2) is 0 Å². The van der Waals surface area contributed by atoms with Crippen molar-refractivity contribution in [2.45, 2.75) is 89.6 Å². The largest absolute Gasteiger partial charge is 0.326 e. The molecule has 0 aliphatic heterocycles. The molecule has 0 spiro atoms. The zero-order chi connectivity index (χ0) is 14.4. The van der Waals surface area contributed by atoms with Crippen LogP contribution < -0.4 is 5.73 Å². The molecule has 0 bridgehead atoms. The van der Waals surface area contributed by atoms with Crippen LogP contribution in [0.5, 0.6) is 0 Å². The molecule has 0 aromatic rings. The summed E-state index contributed by atoms with van der Waals surface area (Å²) in [5.74, 6) is 1.91. The summed E-state index contributed by atoms with van der Waals surface area (Å²) >= 11 is 0. The SMILES string of the molecule is CC1CC1CN(C)C1CCCCCCCCCCC1N. The molecule has 2 aliphatic carbocycles. The normalized spacial score (nSPS) is 37.2. The third-order valence-electron chi connectivity index (χ3n) is 5.65. The highest BCUT2D eigenvalue weighted by molar-refractivity contribution is 4.88. The maximum atomic E-state index is 6.55. The first kappa shape index (κ1) is 16.3. The van der Waals surface area contributed by atoms with Gasteiger partial charge in [-0.05, 0) is 38.1 Å². The average Bonchev–Trinajstić information content (AvgIpc) is 3.09. The molecule has 2 N–H and O–H groups in total. The molecule has 0 heterocycles. The second-order valence-electron chi connectivity index (χ2n) is 7.55. The average molecular weight is 280 g/mol. The van der Waals surface area contributed by atoms with Crippen molar-refractivity contribution in [3.63, 3.8) is 0 Å². The van der Waals surface area contributed by atoms with E-state index in [-0.39, 0.29) is 0 Å². The Balaban J connectivity index is 1.82. The molecule has 4 unspecified atom stereocenters. The Kier molecular flexibility index (Phi) is 6.83. The zero-order valence-electron chi connectivity index (χ0n) is 13.8. The number of hydrogen-bond acceptors (Lipinski definition) is 2. The van der Waals surface area contributed by atoms with Gasteiger partial charge in [-0.1, -0.05) is 58.3 Å². The summed E-state index contributed by atoms with van der Waals surface area (Å²) < 4.78 is 0. The van der Waals surface area contributed by atoms with E-state index in [0.29, 0.717) is 12.1 Å². The van der Waals surface area contributed by atoms with Gasteiger partial charge >= 0.3 is 0 Å². The van der Waals surface area contributed by atoms with E-state index < -0.39 is 0 Å². The van der Waals surface area contributed by atoms with Crippen LogP contribution in [-0.2, 0) is 0 Å². The predicted molar refractivity (Wildman–Crippen MR) is 87.8 cm³/mol. The van der Waals surface area contributed by atoms with Gasteiger partial charge in [0.1, 0.15) is 0 Å².